The van der Waals surface area contributed by atoms with Gasteiger partial charge in [-0.15, -0.1) is 0 Å². The first kappa shape index (κ1) is 19.1. The van der Waals surface area contributed by atoms with Gasteiger partial charge in [-0.05, 0) is 35.2 Å². The Labute approximate surface area is 148 Å². The first-order valence-electron chi connectivity index (χ1n) is 8.50. The van der Waals surface area contributed by atoms with E-state index in [1.54, 1.807) is 12.1 Å². The van der Waals surface area contributed by atoms with E-state index in [0.29, 0.717) is 5.56 Å². The Kier molecular flexibility index (Phi) is 7.13. The Morgan fingerprint density at radius 3 is 1.96 bits per heavy atom. The lowest BCUT2D eigenvalue weighted by molar-refractivity contribution is 0.0879. The highest BCUT2D eigenvalue weighted by molar-refractivity contribution is 5.94. The molecule has 0 saturated heterocycles. The van der Waals surface area contributed by atoms with E-state index in [9.17, 15) is 9.90 Å². The van der Waals surface area contributed by atoms with Crippen LogP contribution in [0.4, 0.5) is 0 Å². The highest BCUT2D eigenvalue weighted by atomic mass is 16.3. The van der Waals surface area contributed by atoms with Crippen LogP contribution in [-0.2, 0) is 0 Å². The summed E-state index contributed by atoms with van der Waals surface area (Å²) in [6, 6.07) is 14.2. The molecule has 5 heteroatoms. The molecule has 0 saturated carbocycles. The molecule has 2 aromatic rings. The average Bonchev–Trinajstić information content (AvgIpc) is 2.66. The van der Waals surface area contributed by atoms with Crippen molar-refractivity contribution < 1.29 is 20.1 Å². The van der Waals surface area contributed by atoms with Crippen LogP contribution in [-0.4, -0.2) is 40.5 Å². The smallest absolute Gasteiger partial charge is 0.251 e. The molecule has 0 aromatic heterocycles. The molecular formula is C20H25NO4. The molecule has 1 amide bonds. The molecule has 0 unspecified atom stereocenters. The number of aliphatic hydroxyl groups excluding tert-OH is 3. The van der Waals surface area contributed by atoms with Crippen LogP contribution in [0.25, 0.3) is 11.1 Å². The van der Waals surface area contributed by atoms with Crippen LogP contribution < -0.4 is 5.32 Å². The molecule has 0 heterocycles. The van der Waals surface area contributed by atoms with Crippen molar-refractivity contribution in [1.82, 2.24) is 5.32 Å². The summed E-state index contributed by atoms with van der Waals surface area (Å²) in [7, 11) is 0. The number of nitrogens with one attached hydrogen (secondary N) is 1. The van der Waals surface area contributed by atoms with Gasteiger partial charge in [0.2, 0.25) is 0 Å². The largest absolute Gasteiger partial charge is 0.394 e. The predicted molar refractivity (Wildman–Crippen MR) is 97.2 cm³/mol. The van der Waals surface area contributed by atoms with Crippen LogP contribution in [0.5, 0.6) is 0 Å². The molecule has 5 nitrogen and oxygen atoms in total. The Morgan fingerprint density at radius 1 is 0.960 bits per heavy atom. The van der Waals surface area contributed by atoms with Crippen molar-refractivity contribution in [1.29, 1.82) is 0 Å². The Morgan fingerprint density at radius 2 is 1.48 bits per heavy atom. The minimum absolute atomic E-state index is 0.309. The van der Waals surface area contributed by atoms with Gasteiger partial charge in [-0.3, -0.25) is 4.79 Å². The highest BCUT2D eigenvalue weighted by Crippen LogP contribution is 2.24. The van der Waals surface area contributed by atoms with Gasteiger partial charge >= 0.3 is 0 Å². The summed E-state index contributed by atoms with van der Waals surface area (Å²) >= 11 is 0. The summed E-state index contributed by atoms with van der Waals surface area (Å²) in [5, 5.41) is 30.6. The fraction of sp³-hybridized carbons (Fsp3) is 0.350. The Hall–Kier alpha value is -2.21. The van der Waals surface area contributed by atoms with E-state index in [1.165, 1.54) is 0 Å². The van der Waals surface area contributed by atoms with Crippen LogP contribution in [0, 0.1) is 0 Å². The van der Waals surface area contributed by atoms with Crippen LogP contribution >= 0.6 is 0 Å². The minimum Gasteiger partial charge on any atom is -0.394 e. The second-order valence-electron chi connectivity index (χ2n) is 6.04. The molecule has 134 valence electrons. The van der Waals surface area contributed by atoms with E-state index >= 15 is 0 Å². The van der Waals surface area contributed by atoms with Gasteiger partial charge in [0, 0.05) is 5.56 Å². The summed E-state index contributed by atoms with van der Waals surface area (Å²) < 4.78 is 0. The van der Waals surface area contributed by atoms with Crippen molar-refractivity contribution in [3.8, 4) is 11.1 Å². The maximum atomic E-state index is 12.0. The molecule has 0 aliphatic heterocycles. The van der Waals surface area contributed by atoms with Gasteiger partial charge in [0.25, 0.3) is 5.91 Å². The van der Waals surface area contributed by atoms with Gasteiger partial charge in [-0.25, -0.2) is 0 Å². The monoisotopic (exact) mass is 343 g/mol. The SMILES string of the molecule is CCC[C@H](O)c1ccc(-c2ccc(C(=O)NC(CO)CO)cc2)cc1. The maximum Gasteiger partial charge on any atom is 0.251 e. The first-order valence-corrected chi connectivity index (χ1v) is 8.50. The van der Waals surface area contributed by atoms with Gasteiger partial charge in [0.05, 0.1) is 25.4 Å². The fourth-order valence-electron chi connectivity index (χ4n) is 2.57. The number of hydrogen-bond donors (Lipinski definition) is 4. The molecule has 1 atom stereocenters. The van der Waals surface area contributed by atoms with E-state index in [4.69, 9.17) is 10.2 Å². The molecule has 0 aliphatic carbocycles. The minimum atomic E-state index is -0.658. The maximum absolute atomic E-state index is 12.0. The zero-order valence-corrected chi connectivity index (χ0v) is 14.4. The van der Waals surface area contributed by atoms with Crippen molar-refractivity contribution in [3.05, 3.63) is 59.7 Å². The summed E-state index contributed by atoms with van der Waals surface area (Å²) in [6.45, 7) is 1.42. The standard InChI is InChI=1S/C20H25NO4/c1-2-3-19(24)16-8-4-14(5-9-16)15-6-10-17(11-7-15)20(25)21-18(12-22)13-23/h4-11,18-19,22-24H,2-3,12-13H2,1H3,(H,21,25)/t19-/m0/s1. The third kappa shape index (κ3) is 5.13. The molecule has 0 bridgehead atoms. The van der Waals surface area contributed by atoms with Crippen molar-refractivity contribution >= 4 is 5.91 Å². The number of benzene rings is 2. The van der Waals surface area contributed by atoms with E-state index in [0.717, 1.165) is 29.5 Å². The summed E-state index contributed by atoms with van der Waals surface area (Å²) in [5.74, 6) is -0.335. The average molecular weight is 343 g/mol. The lowest BCUT2D eigenvalue weighted by Crippen LogP contribution is -2.40. The lowest BCUT2D eigenvalue weighted by Gasteiger charge is -2.13. The number of aliphatic hydroxyl groups is 3. The summed E-state index contributed by atoms with van der Waals surface area (Å²) in [6.07, 6.45) is 1.24. The number of rotatable bonds is 8. The third-order valence-corrected chi connectivity index (χ3v) is 4.11. The molecule has 0 radical (unpaired) electrons. The van der Waals surface area contributed by atoms with Crippen LogP contribution in [0.2, 0.25) is 0 Å². The zero-order valence-electron chi connectivity index (χ0n) is 14.4. The lowest BCUT2D eigenvalue weighted by atomic mass is 9.99. The zero-order chi connectivity index (χ0) is 18.2. The van der Waals surface area contributed by atoms with Gasteiger partial charge in [0.1, 0.15) is 0 Å². The molecule has 0 spiro atoms. The topological polar surface area (TPSA) is 89.8 Å². The molecule has 0 fully saturated rings. The second-order valence-corrected chi connectivity index (χ2v) is 6.04. The third-order valence-electron chi connectivity index (χ3n) is 4.11. The number of amides is 1. The molecule has 2 rings (SSSR count). The quantitative estimate of drug-likeness (QED) is 0.592. The Balaban J connectivity index is 2.08. The van der Waals surface area contributed by atoms with Gasteiger partial charge in [-0.2, -0.15) is 0 Å². The van der Waals surface area contributed by atoms with Crippen LogP contribution in [0.15, 0.2) is 48.5 Å². The van der Waals surface area contributed by atoms with Gasteiger partial charge < -0.3 is 20.6 Å². The van der Waals surface area contributed by atoms with E-state index in [1.807, 2.05) is 43.3 Å². The number of carbonyl (C=O) groups excluding carboxylic acids is 1. The summed E-state index contributed by atoms with van der Waals surface area (Å²) in [5.41, 5.74) is 3.34. The first-order chi connectivity index (χ1) is 12.1. The molecule has 0 aliphatic rings. The Bertz CT molecular complexity index is 663. The van der Waals surface area contributed by atoms with E-state index < -0.39 is 12.1 Å². The molecule has 4 N–H and O–H groups in total. The highest BCUT2D eigenvalue weighted by Gasteiger charge is 2.12. The molecule has 2 aromatic carbocycles. The van der Waals surface area contributed by atoms with Crippen molar-refractivity contribution in [2.45, 2.75) is 31.9 Å². The normalized spacial score (nSPS) is 12.2. The number of carbonyl (C=O) groups is 1. The van der Waals surface area contributed by atoms with Gasteiger partial charge in [-0.1, -0.05) is 49.7 Å². The molecular weight excluding hydrogens is 318 g/mol. The van der Waals surface area contributed by atoms with Crippen molar-refractivity contribution in [2.75, 3.05) is 13.2 Å². The van der Waals surface area contributed by atoms with E-state index in [-0.39, 0.29) is 19.1 Å². The predicted octanol–water partition coefficient (Wildman–Crippen LogP) is 2.27. The fourth-order valence-corrected chi connectivity index (χ4v) is 2.57. The van der Waals surface area contributed by atoms with Crippen molar-refractivity contribution in [2.24, 2.45) is 0 Å². The van der Waals surface area contributed by atoms with Gasteiger partial charge in [0.15, 0.2) is 0 Å². The van der Waals surface area contributed by atoms with E-state index in [2.05, 4.69) is 5.32 Å². The van der Waals surface area contributed by atoms with Crippen LogP contribution in [0.3, 0.4) is 0 Å². The molecule has 25 heavy (non-hydrogen) atoms. The second kappa shape index (κ2) is 9.32. The van der Waals surface area contributed by atoms with Crippen molar-refractivity contribution in [3.63, 3.8) is 0 Å². The number of hydrogen-bond acceptors (Lipinski definition) is 4. The summed E-state index contributed by atoms with van der Waals surface area (Å²) in [4.78, 5) is 12.0. The van der Waals surface area contributed by atoms with Crippen LogP contribution in [0.1, 0.15) is 41.8 Å².